The Balaban J connectivity index is 1.49. The Morgan fingerprint density at radius 2 is 1.87 bits per heavy atom. The largest absolute Gasteiger partial charge is 0.497 e. The number of ether oxygens (including phenoxy) is 2. The highest BCUT2D eigenvalue weighted by atomic mass is 16.5. The Morgan fingerprint density at radius 3 is 2.61 bits per heavy atom. The summed E-state index contributed by atoms with van der Waals surface area (Å²) >= 11 is 0. The Kier molecular flexibility index (Phi) is 5.79. The molecule has 2 heterocycles. The van der Waals surface area contributed by atoms with Gasteiger partial charge in [-0.2, -0.15) is 0 Å². The van der Waals surface area contributed by atoms with Gasteiger partial charge in [0.2, 0.25) is 5.91 Å². The van der Waals surface area contributed by atoms with Crippen LogP contribution in [0.1, 0.15) is 24.4 Å². The van der Waals surface area contributed by atoms with Crippen LogP contribution in [0, 0.1) is 0 Å². The van der Waals surface area contributed by atoms with Gasteiger partial charge < -0.3 is 14.8 Å². The topological polar surface area (TPSA) is 90.6 Å². The number of aromatic nitrogens is 4. The van der Waals surface area contributed by atoms with E-state index in [-0.39, 0.29) is 18.4 Å². The quantitative estimate of drug-likeness (QED) is 0.497. The van der Waals surface area contributed by atoms with Crippen LogP contribution in [-0.2, 0) is 11.2 Å². The van der Waals surface area contributed by atoms with Gasteiger partial charge in [0, 0.05) is 17.2 Å². The zero-order valence-corrected chi connectivity index (χ0v) is 17.6. The molecule has 0 fully saturated rings. The predicted molar refractivity (Wildman–Crippen MR) is 116 cm³/mol. The molecule has 2 aromatic carbocycles. The van der Waals surface area contributed by atoms with Crippen LogP contribution in [0.4, 0.5) is 0 Å². The number of para-hydroxylation sites is 1. The molecule has 0 spiro atoms. The maximum atomic E-state index is 12.5. The maximum Gasteiger partial charge on any atom is 0.225 e. The smallest absolute Gasteiger partial charge is 0.225 e. The molecule has 0 aliphatic heterocycles. The zero-order valence-electron chi connectivity index (χ0n) is 17.6. The third-order valence-electron chi connectivity index (χ3n) is 4.94. The lowest BCUT2D eigenvalue weighted by molar-refractivity contribution is -0.121. The summed E-state index contributed by atoms with van der Waals surface area (Å²) in [5.41, 5.74) is 3.21. The number of amides is 1. The normalized spacial score (nSPS) is 11.8. The lowest BCUT2D eigenvalue weighted by atomic mass is 10.1. The molecule has 1 N–H and O–H groups in total. The molecule has 158 valence electrons. The number of fused-ring (bicyclic) bond motifs is 1. The number of nitrogens with zero attached hydrogens (tertiary/aromatic N) is 4. The van der Waals surface area contributed by atoms with Crippen molar-refractivity contribution in [1.29, 1.82) is 0 Å². The Labute approximate surface area is 179 Å². The molecule has 0 saturated heterocycles. The Bertz CT molecular complexity index is 1200. The fraction of sp³-hybridized carbons (Fsp3) is 0.217. The van der Waals surface area contributed by atoms with Gasteiger partial charge in [-0.15, -0.1) is 5.10 Å². The average molecular weight is 417 g/mol. The summed E-state index contributed by atoms with van der Waals surface area (Å²) in [4.78, 5) is 21.6. The van der Waals surface area contributed by atoms with E-state index in [2.05, 4.69) is 20.4 Å². The fourth-order valence-electron chi connectivity index (χ4n) is 3.29. The minimum atomic E-state index is -0.355. The van der Waals surface area contributed by atoms with E-state index >= 15 is 0 Å². The minimum Gasteiger partial charge on any atom is -0.497 e. The second kappa shape index (κ2) is 8.83. The van der Waals surface area contributed by atoms with E-state index in [9.17, 15) is 4.79 Å². The van der Waals surface area contributed by atoms with E-state index < -0.39 is 0 Å². The molecule has 1 atom stereocenters. The van der Waals surface area contributed by atoms with E-state index in [4.69, 9.17) is 9.47 Å². The van der Waals surface area contributed by atoms with Crippen LogP contribution in [0.2, 0.25) is 0 Å². The highest BCUT2D eigenvalue weighted by Crippen LogP contribution is 2.22. The highest BCUT2D eigenvalue weighted by Gasteiger charge is 2.17. The van der Waals surface area contributed by atoms with Gasteiger partial charge in [-0.3, -0.25) is 4.79 Å². The molecule has 0 unspecified atom stereocenters. The summed E-state index contributed by atoms with van der Waals surface area (Å²) in [5, 5.41) is 7.40. The fourth-order valence-corrected chi connectivity index (χ4v) is 3.29. The second-order valence-electron chi connectivity index (χ2n) is 7.05. The van der Waals surface area contributed by atoms with Crippen molar-refractivity contribution in [2.75, 3.05) is 14.2 Å². The molecular weight excluding hydrogens is 394 g/mol. The number of carbonyl (C=O) groups excluding carboxylic acids is 1. The molecule has 2 aromatic heterocycles. The van der Waals surface area contributed by atoms with Crippen LogP contribution >= 0.6 is 0 Å². The van der Waals surface area contributed by atoms with Gasteiger partial charge in [-0.05, 0) is 37.3 Å². The van der Waals surface area contributed by atoms with Crippen molar-refractivity contribution < 1.29 is 14.3 Å². The molecule has 31 heavy (non-hydrogen) atoms. The van der Waals surface area contributed by atoms with Crippen molar-refractivity contribution in [3.63, 3.8) is 0 Å². The first-order valence-electron chi connectivity index (χ1n) is 9.85. The standard InChI is InChI=1S/C23H23N5O3/c1-15(25-22(29)12-17-6-4-5-7-20(17)31-3)23-26-21-13-19(24-14-28(21)27-23)16-8-10-18(30-2)11-9-16/h4-11,13-15H,12H2,1-3H3,(H,25,29)/t15-/m0/s1. The maximum absolute atomic E-state index is 12.5. The SMILES string of the molecule is COc1ccc(-c2cc3nc([C@H](C)NC(=O)Cc4ccccc4OC)nn3cn2)cc1. The van der Waals surface area contributed by atoms with Gasteiger partial charge in [0.05, 0.1) is 32.4 Å². The number of rotatable bonds is 7. The zero-order chi connectivity index (χ0) is 21.8. The number of hydrogen-bond donors (Lipinski definition) is 1. The molecule has 0 saturated carbocycles. The monoisotopic (exact) mass is 417 g/mol. The number of benzene rings is 2. The molecule has 0 bridgehead atoms. The van der Waals surface area contributed by atoms with Crippen LogP contribution in [-0.4, -0.2) is 39.7 Å². The Morgan fingerprint density at radius 1 is 1.10 bits per heavy atom. The molecule has 0 aliphatic carbocycles. The van der Waals surface area contributed by atoms with Crippen molar-refractivity contribution in [1.82, 2.24) is 24.9 Å². The second-order valence-corrected chi connectivity index (χ2v) is 7.05. The lowest BCUT2D eigenvalue weighted by Crippen LogP contribution is -2.29. The van der Waals surface area contributed by atoms with Crippen LogP contribution in [0.15, 0.2) is 60.9 Å². The van der Waals surface area contributed by atoms with Gasteiger partial charge in [-0.25, -0.2) is 14.5 Å². The Hall–Kier alpha value is -3.94. The number of carbonyl (C=O) groups is 1. The number of methoxy groups -OCH3 is 2. The van der Waals surface area contributed by atoms with Gasteiger partial charge >= 0.3 is 0 Å². The van der Waals surface area contributed by atoms with Crippen molar-refractivity contribution in [2.45, 2.75) is 19.4 Å². The van der Waals surface area contributed by atoms with Gasteiger partial charge in [-0.1, -0.05) is 18.2 Å². The average Bonchev–Trinajstić information content (AvgIpc) is 3.23. The molecule has 4 aromatic rings. The molecule has 1 amide bonds. The predicted octanol–water partition coefficient (Wildman–Crippen LogP) is 3.23. The summed E-state index contributed by atoms with van der Waals surface area (Å²) in [7, 11) is 3.22. The van der Waals surface area contributed by atoms with Gasteiger partial charge in [0.25, 0.3) is 0 Å². The molecule has 4 rings (SSSR count). The summed E-state index contributed by atoms with van der Waals surface area (Å²) < 4.78 is 12.1. The van der Waals surface area contributed by atoms with Crippen molar-refractivity contribution >= 4 is 11.6 Å². The van der Waals surface area contributed by atoms with Crippen LogP contribution in [0.25, 0.3) is 16.9 Å². The highest BCUT2D eigenvalue weighted by molar-refractivity contribution is 5.79. The summed E-state index contributed by atoms with van der Waals surface area (Å²) in [6, 6.07) is 16.6. The number of hydrogen-bond acceptors (Lipinski definition) is 6. The van der Waals surface area contributed by atoms with Crippen LogP contribution in [0.3, 0.4) is 0 Å². The summed E-state index contributed by atoms with van der Waals surface area (Å²) in [6.07, 6.45) is 1.83. The molecule has 8 nitrogen and oxygen atoms in total. The van der Waals surface area contributed by atoms with Crippen molar-refractivity contribution in [3.05, 3.63) is 72.3 Å². The number of nitrogens with one attached hydrogen (secondary N) is 1. The molecule has 8 heteroatoms. The van der Waals surface area contributed by atoms with Crippen molar-refractivity contribution in [2.24, 2.45) is 0 Å². The summed E-state index contributed by atoms with van der Waals surface area (Å²) in [6.45, 7) is 1.85. The molecule has 0 radical (unpaired) electrons. The van der Waals surface area contributed by atoms with E-state index in [1.807, 2.05) is 61.5 Å². The molecule has 0 aliphatic rings. The van der Waals surface area contributed by atoms with E-state index in [0.717, 1.165) is 22.6 Å². The van der Waals surface area contributed by atoms with E-state index in [1.54, 1.807) is 25.1 Å². The lowest BCUT2D eigenvalue weighted by Gasteiger charge is -2.12. The first-order valence-corrected chi connectivity index (χ1v) is 9.85. The van der Waals surface area contributed by atoms with Crippen LogP contribution in [0.5, 0.6) is 11.5 Å². The third kappa shape index (κ3) is 4.48. The van der Waals surface area contributed by atoms with Gasteiger partial charge in [0.1, 0.15) is 17.8 Å². The first-order chi connectivity index (χ1) is 15.1. The molecular formula is C23H23N5O3. The minimum absolute atomic E-state index is 0.132. The first kappa shape index (κ1) is 20.3. The van der Waals surface area contributed by atoms with E-state index in [0.29, 0.717) is 17.2 Å². The van der Waals surface area contributed by atoms with Crippen LogP contribution < -0.4 is 14.8 Å². The van der Waals surface area contributed by atoms with Gasteiger partial charge in [0.15, 0.2) is 11.5 Å². The van der Waals surface area contributed by atoms with E-state index in [1.165, 1.54) is 0 Å². The third-order valence-corrected chi connectivity index (χ3v) is 4.94. The summed E-state index contributed by atoms with van der Waals surface area (Å²) in [5.74, 6) is 1.86. The van der Waals surface area contributed by atoms with Crippen molar-refractivity contribution in [3.8, 4) is 22.8 Å².